The molecule has 0 heterocycles. The van der Waals surface area contributed by atoms with Crippen molar-refractivity contribution in [2.24, 2.45) is 10.8 Å². The van der Waals surface area contributed by atoms with Crippen LogP contribution in [0.1, 0.15) is 48.0 Å². The molecule has 0 aromatic carbocycles. The van der Waals surface area contributed by atoms with Crippen LogP contribution in [-0.4, -0.2) is 0 Å². The third-order valence-electron chi connectivity index (χ3n) is 3.03. The largest absolute Gasteiger partial charge is 0.0918 e. The van der Waals surface area contributed by atoms with Crippen LogP contribution in [0.25, 0.3) is 0 Å². The van der Waals surface area contributed by atoms with Crippen LogP contribution in [0.15, 0.2) is 35.5 Å². The van der Waals surface area contributed by atoms with Gasteiger partial charge in [-0.05, 0) is 22.8 Å². The highest BCUT2D eigenvalue weighted by molar-refractivity contribution is 5.43. The Morgan fingerprint density at radius 3 is 1.47 bits per heavy atom. The Balaban J connectivity index is 3.00. The monoisotopic (exact) mass is 204 g/mol. The van der Waals surface area contributed by atoms with Gasteiger partial charge in [0.25, 0.3) is 0 Å². The average molecular weight is 204 g/mol. The van der Waals surface area contributed by atoms with E-state index in [1.165, 1.54) is 11.1 Å². The number of rotatable bonds is 0. The van der Waals surface area contributed by atoms with Gasteiger partial charge in [-0.3, -0.25) is 0 Å². The van der Waals surface area contributed by atoms with Gasteiger partial charge >= 0.3 is 0 Å². The van der Waals surface area contributed by atoms with Crippen LogP contribution in [0.2, 0.25) is 0 Å². The summed E-state index contributed by atoms with van der Waals surface area (Å²) in [5.74, 6) is 0. The van der Waals surface area contributed by atoms with E-state index in [9.17, 15) is 0 Å². The van der Waals surface area contributed by atoms with Gasteiger partial charge in [-0.15, -0.1) is 0 Å². The summed E-state index contributed by atoms with van der Waals surface area (Å²) in [6, 6.07) is 0. The van der Waals surface area contributed by atoms with E-state index in [4.69, 9.17) is 0 Å². The molecular formula is C15H24. The Hall–Kier alpha value is -0.780. The van der Waals surface area contributed by atoms with Crippen molar-refractivity contribution in [1.82, 2.24) is 0 Å². The Morgan fingerprint density at radius 1 is 0.867 bits per heavy atom. The normalized spacial score (nSPS) is 18.7. The summed E-state index contributed by atoms with van der Waals surface area (Å²) in [4.78, 5) is 0. The topological polar surface area (TPSA) is 0 Å². The summed E-state index contributed by atoms with van der Waals surface area (Å²) < 4.78 is 0. The van der Waals surface area contributed by atoms with Gasteiger partial charge in [-0.25, -0.2) is 0 Å². The summed E-state index contributed by atoms with van der Waals surface area (Å²) in [6.45, 7) is 17.7. The standard InChI is InChI=1S/C15H24/c1-11-8-12(14(2,3)4)10-13(9-11)15(5,6)7/h8-9H,1,10H2,2-7H3. The first kappa shape index (κ1) is 12.3. The molecule has 0 atom stereocenters. The van der Waals surface area contributed by atoms with Gasteiger partial charge in [0.15, 0.2) is 0 Å². The van der Waals surface area contributed by atoms with Crippen LogP contribution < -0.4 is 0 Å². The van der Waals surface area contributed by atoms with Crippen molar-refractivity contribution < 1.29 is 0 Å². The molecular weight excluding hydrogens is 180 g/mol. The zero-order chi connectivity index (χ0) is 11.9. The van der Waals surface area contributed by atoms with Gasteiger partial charge in [0.2, 0.25) is 0 Å². The van der Waals surface area contributed by atoms with E-state index in [2.05, 4.69) is 60.3 Å². The lowest BCUT2D eigenvalue weighted by Crippen LogP contribution is -2.18. The maximum absolute atomic E-state index is 4.09. The Labute approximate surface area is 94.8 Å². The second-order valence-electron chi connectivity index (χ2n) is 6.59. The van der Waals surface area contributed by atoms with Crippen LogP contribution in [0, 0.1) is 10.8 Å². The number of hydrogen-bond donors (Lipinski definition) is 0. The minimum atomic E-state index is 0.258. The number of allylic oxidation sites excluding steroid dienone is 5. The molecule has 1 aliphatic rings. The quantitative estimate of drug-likeness (QED) is 0.527. The van der Waals surface area contributed by atoms with E-state index in [1.807, 2.05) is 0 Å². The van der Waals surface area contributed by atoms with Gasteiger partial charge < -0.3 is 0 Å². The predicted molar refractivity (Wildman–Crippen MR) is 68.8 cm³/mol. The molecule has 0 bridgehead atoms. The second kappa shape index (κ2) is 3.66. The maximum atomic E-state index is 4.09. The molecule has 0 heteroatoms. The fourth-order valence-corrected chi connectivity index (χ4v) is 1.76. The van der Waals surface area contributed by atoms with Crippen LogP contribution >= 0.6 is 0 Å². The second-order valence-corrected chi connectivity index (χ2v) is 6.59. The van der Waals surface area contributed by atoms with Gasteiger partial charge in [0, 0.05) is 0 Å². The molecule has 0 nitrogen and oxygen atoms in total. The zero-order valence-electron chi connectivity index (χ0n) is 11.1. The highest BCUT2D eigenvalue weighted by atomic mass is 14.3. The molecule has 0 saturated carbocycles. The first-order chi connectivity index (χ1) is 6.60. The molecule has 0 saturated heterocycles. The summed E-state index contributed by atoms with van der Waals surface area (Å²) >= 11 is 0. The van der Waals surface area contributed by atoms with Crippen LogP contribution in [0.5, 0.6) is 0 Å². The van der Waals surface area contributed by atoms with E-state index in [0.717, 1.165) is 12.0 Å². The van der Waals surface area contributed by atoms with Gasteiger partial charge in [-0.1, -0.05) is 71.4 Å². The van der Waals surface area contributed by atoms with Crippen molar-refractivity contribution in [2.45, 2.75) is 48.0 Å². The minimum absolute atomic E-state index is 0.258. The smallest absolute Gasteiger partial charge is 0.00913 e. The summed E-state index contributed by atoms with van der Waals surface area (Å²) in [5.41, 5.74) is 4.66. The Kier molecular flexibility index (Phi) is 3.00. The fourth-order valence-electron chi connectivity index (χ4n) is 1.76. The molecule has 15 heavy (non-hydrogen) atoms. The molecule has 0 radical (unpaired) electrons. The molecule has 0 unspecified atom stereocenters. The molecule has 0 spiro atoms. The van der Waals surface area contributed by atoms with E-state index < -0.39 is 0 Å². The summed E-state index contributed by atoms with van der Waals surface area (Å²) in [6.07, 6.45) is 5.59. The molecule has 0 fully saturated rings. The lowest BCUT2D eigenvalue weighted by Gasteiger charge is -2.32. The molecule has 0 aromatic heterocycles. The fraction of sp³-hybridized carbons (Fsp3) is 0.600. The SMILES string of the molecule is C=C1C=C(C(C)(C)C)CC(C(C)(C)C)=C1. The van der Waals surface area contributed by atoms with Crippen molar-refractivity contribution in [1.29, 1.82) is 0 Å². The van der Waals surface area contributed by atoms with Gasteiger partial charge in [0.1, 0.15) is 0 Å². The van der Waals surface area contributed by atoms with Crippen molar-refractivity contribution >= 4 is 0 Å². The lowest BCUT2D eigenvalue weighted by molar-refractivity contribution is 0.447. The molecule has 1 rings (SSSR count). The number of hydrogen-bond acceptors (Lipinski definition) is 0. The molecule has 0 aromatic rings. The third kappa shape index (κ3) is 3.09. The van der Waals surface area contributed by atoms with E-state index in [1.54, 1.807) is 0 Å². The Morgan fingerprint density at radius 2 is 1.20 bits per heavy atom. The predicted octanol–water partition coefficient (Wildman–Crippen LogP) is 4.89. The lowest BCUT2D eigenvalue weighted by atomic mass is 9.73. The van der Waals surface area contributed by atoms with Crippen molar-refractivity contribution in [2.75, 3.05) is 0 Å². The van der Waals surface area contributed by atoms with Gasteiger partial charge in [0.05, 0.1) is 0 Å². The van der Waals surface area contributed by atoms with Gasteiger partial charge in [-0.2, -0.15) is 0 Å². The van der Waals surface area contributed by atoms with Crippen LogP contribution in [0.3, 0.4) is 0 Å². The van der Waals surface area contributed by atoms with Crippen molar-refractivity contribution in [3.63, 3.8) is 0 Å². The first-order valence-electron chi connectivity index (χ1n) is 5.72. The third-order valence-corrected chi connectivity index (χ3v) is 3.03. The van der Waals surface area contributed by atoms with E-state index >= 15 is 0 Å². The molecule has 0 N–H and O–H groups in total. The van der Waals surface area contributed by atoms with Crippen molar-refractivity contribution in [3.8, 4) is 0 Å². The van der Waals surface area contributed by atoms with Crippen molar-refractivity contribution in [3.05, 3.63) is 35.5 Å². The van der Waals surface area contributed by atoms with Crippen LogP contribution in [-0.2, 0) is 0 Å². The van der Waals surface area contributed by atoms with E-state index in [0.29, 0.717) is 0 Å². The highest BCUT2D eigenvalue weighted by Crippen LogP contribution is 2.40. The van der Waals surface area contributed by atoms with Crippen LogP contribution in [0.4, 0.5) is 0 Å². The maximum Gasteiger partial charge on any atom is -0.00913 e. The molecule has 0 aliphatic heterocycles. The van der Waals surface area contributed by atoms with E-state index in [-0.39, 0.29) is 10.8 Å². The zero-order valence-corrected chi connectivity index (χ0v) is 11.1. The first-order valence-corrected chi connectivity index (χ1v) is 5.72. The molecule has 1 aliphatic carbocycles. The Bertz CT molecular complexity index is 292. The molecule has 84 valence electrons. The summed E-state index contributed by atoms with van der Waals surface area (Å²) in [7, 11) is 0. The average Bonchev–Trinajstić information content (AvgIpc) is 1.99. The molecule has 0 amide bonds. The summed E-state index contributed by atoms with van der Waals surface area (Å²) in [5, 5.41) is 0. The minimum Gasteiger partial charge on any atom is -0.0918 e. The highest BCUT2D eigenvalue weighted by Gasteiger charge is 2.25.